The molecule has 2 nitrogen and oxygen atoms in total. The van der Waals surface area contributed by atoms with Gasteiger partial charge in [-0.25, -0.2) is 4.39 Å². The van der Waals surface area contributed by atoms with E-state index in [-0.39, 0.29) is 5.56 Å². The third-order valence-corrected chi connectivity index (χ3v) is 3.97. The van der Waals surface area contributed by atoms with Gasteiger partial charge < -0.3 is 10.5 Å². The Morgan fingerprint density at radius 3 is 2.80 bits per heavy atom. The summed E-state index contributed by atoms with van der Waals surface area (Å²) >= 11 is 12.2. The minimum absolute atomic E-state index is 0.258. The normalized spacial score (nSPS) is 14.8. The fourth-order valence-electron chi connectivity index (χ4n) is 2.49. The first-order chi connectivity index (χ1) is 9.58. The van der Waals surface area contributed by atoms with Gasteiger partial charge in [0.1, 0.15) is 11.6 Å². The van der Waals surface area contributed by atoms with Gasteiger partial charge >= 0.3 is 0 Å². The van der Waals surface area contributed by atoms with Crippen LogP contribution in [0.3, 0.4) is 0 Å². The van der Waals surface area contributed by atoms with Gasteiger partial charge in [0.2, 0.25) is 0 Å². The van der Waals surface area contributed by atoms with Crippen molar-refractivity contribution in [2.45, 2.75) is 12.5 Å². The molecule has 20 heavy (non-hydrogen) atoms. The van der Waals surface area contributed by atoms with Crippen molar-refractivity contribution in [2.24, 2.45) is 5.73 Å². The molecule has 1 atom stereocenters. The summed E-state index contributed by atoms with van der Waals surface area (Å²) in [4.78, 5) is 0. The van der Waals surface area contributed by atoms with Gasteiger partial charge in [-0.2, -0.15) is 0 Å². The summed E-state index contributed by atoms with van der Waals surface area (Å²) in [5.74, 6) is 0.262. The van der Waals surface area contributed by atoms with Gasteiger partial charge in [-0.05, 0) is 29.8 Å². The molecule has 0 saturated heterocycles. The maximum atomic E-state index is 14.0. The molecule has 1 aliphatic rings. The van der Waals surface area contributed by atoms with Crippen LogP contribution in [0.2, 0.25) is 10.0 Å². The van der Waals surface area contributed by atoms with E-state index in [4.69, 9.17) is 33.7 Å². The van der Waals surface area contributed by atoms with Crippen molar-refractivity contribution in [3.05, 3.63) is 62.9 Å². The first kappa shape index (κ1) is 13.7. The summed E-state index contributed by atoms with van der Waals surface area (Å²) < 4.78 is 19.6. The summed E-state index contributed by atoms with van der Waals surface area (Å²) in [5, 5.41) is 0.858. The molecule has 2 aromatic carbocycles. The second kappa shape index (κ2) is 5.24. The Morgan fingerprint density at radius 2 is 2.05 bits per heavy atom. The topological polar surface area (TPSA) is 35.2 Å². The molecule has 2 aromatic rings. The SMILES string of the molecule is NC(c1cc(Cl)cc2c1OCC2)c1c(F)cccc1Cl. The molecule has 1 aliphatic heterocycles. The van der Waals surface area contributed by atoms with Gasteiger partial charge in [-0.3, -0.25) is 0 Å². The summed E-state index contributed by atoms with van der Waals surface area (Å²) in [5.41, 5.74) is 8.11. The Balaban J connectivity index is 2.14. The summed E-state index contributed by atoms with van der Waals surface area (Å²) in [6.07, 6.45) is 0.778. The number of hydrogen-bond donors (Lipinski definition) is 1. The lowest BCUT2D eigenvalue weighted by Crippen LogP contribution is -2.15. The number of benzene rings is 2. The van der Waals surface area contributed by atoms with Gasteiger partial charge in [-0.1, -0.05) is 29.3 Å². The van der Waals surface area contributed by atoms with Gasteiger partial charge in [-0.15, -0.1) is 0 Å². The van der Waals surface area contributed by atoms with Crippen LogP contribution in [0.15, 0.2) is 30.3 Å². The molecule has 3 rings (SSSR count). The number of rotatable bonds is 2. The average molecular weight is 312 g/mol. The van der Waals surface area contributed by atoms with Crippen LogP contribution in [-0.2, 0) is 6.42 Å². The molecule has 0 aliphatic carbocycles. The zero-order valence-electron chi connectivity index (χ0n) is 10.5. The van der Waals surface area contributed by atoms with Crippen molar-refractivity contribution in [1.82, 2.24) is 0 Å². The Labute approximate surface area is 126 Å². The third-order valence-electron chi connectivity index (χ3n) is 3.42. The molecule has 5 heteroatoms. The molecule has 0 amide bonds. The number of hydrogen-bond acceptors (Lipinski definition) is 2. The largest absolute Gasteiger partial charge is 0.493 e. The maximum Gasteiger partial charge on any atom is 0.129 e. The van der Waals surface area contributed by atoms with Gasteiger partial charge in [0.25, 0.3) is 0 Å². The number of nitrogens with two attached hydrogens (primary N) is 1. The Kier molecular flexibility index (Phi) is 3.59. The van der Waals surface area contributed by atoms with Crippen LogP contribution in [-0.4, -0.2) is 6.61 Å². The van der Waals surface area contributed by atoms with Crippen molar-refractivity contribution in [2.75, 3.05) is 6.61 Å². The molecule has 0 saturated carbocycles. The second-order valence-corrected chi connectivity index (χ2v) is 5.54. The quantitative estimate of drug-likeness (QED) is 0.905. The molecular weight excluding hydrogens is 300 g/mol. The maximum absolute atomic E-state index is 14.0. The van der Waals surface area contributed by atoms with E-state index in [0.29, 0.717) is 28.0 Å². The highest BCUT2D eigenvalue weighted by atomic mass is 35.5. The molecule has 0 aromatic heterocycles. The predicted octanol–water partition coefficient (Wildman–Crippen LogP) is 4.12. The van der Waals surface area contributed by atoms with E-state index in [1.807, 2.05) is 6.07 Å². The lowest BCUT2D eigenvalue weighted by molar-refractivity contribution is 0.352. The van der Waals surface area contributed by atoms with Crippen LogP contribution in [0.1, 0.15) is 22.7 Å². The van der Waals surface area contributed by atoms with E-state index >= 15 is 0 Å². The third kappa shape index (κ3) is 2.26. The number of fused-ring (bicyclic) bond motifs is 1. The van der Waals surface area contributed by atoms with Crippen LogP contribution in [0.5, 0.6) is 5.75 Å². The standard InChI is InChI=1S/C15H12Cl2FNO/c16-9-6-8-4-5-20-15(8)10(7-9)14(19)13-11(17)2-1-3-12(13)18/h1-3,6-7,14H,4-5,19H2. The van der Waals surface area contributed by atoms with Crippen LogP contribution >= 0.6 is 23.2 Å². The van der Waals surface area contributed by atoms with E-state index < -0.39 is 11.9 Å². The Morgan fingerprint density at radius 1 is 1.25 bits per heavy atom. The van der Waals surface area contributed by atoms with E-state index in [2.05, 4.69) is 0 Å². The van der Waals surface area contributed by atoms with E-state index in [1.165, 1.54) is 6.07 Å². The lowest BCUT2D eigenvalue weighted by Gasteiger charge is -2.18. The fraction of sp³-hybridized carbons (Fsp3) is 0.200. The second-order valence-electron chi connectivity index (χ2n) is 4.69. The monoisotopic (exact) mass is 311 g/mol. The minimum Gasteiger partial charge on any atom is -0.493 e. The lowest BCUT2D eigenvalue weighted by atomic mass is 9.96. The average Bonchev–Trinajstić information content (AvgIpc) is 2.85. The highest BCUT2D eigenvalue weighted by Crippen LogP contribution is 2.39. The number of ether oxygens (including phenoxy) is 1. The zero-order valence-corrected chi connectivity index (χ0v) is 12.0. The van der Waals surface area contributed by atoms with E-state index in [1.54, 1.807) is 18.2 Å². The minimum atomic E-state index is -0.714. The highest BCUT2D eigenvalue weighted by Gasteiger charge is 2.25. The van der Waals surface area contributed by atoms with Crippen LogP contribution < -0.4 is 10.5 Å². The molecule has 0 bridgehead atoms. The van der Waals surface area contributed by atoms with Gasteiger partial charge in [0, 0.05) is 27.6 Å². The van der Waals surface area contributed by atoms with E-state index in [0.717, 1.165) is 12.0 Å². The smallest absolute Gasteiger partial charge is 0.129 e. The zero-order chi connectivity index (χ0) is 14.3. The van der Waals surface area contributed by atoms with Gasteiger partial charge in [0.15, 0.2) is 0 Å². The van der Waals surface area contributed by atoms with Crippen molar-refractivity contribution in [3.63, 3.8) is 0 Å². The fourth-order valence-corrected chi connectivity index (χ4v) is 3.02. The van der Waals surface area contributed by atoms with E-state index in [9.17, 15) is 4.39 Å². The molecule has 1 unspecified atom stereocenters. The summed E-state index contributed by atoms with van der Waals surface area (Å²) in [6.45, 7) is 0.584. The number of halogens is 3. The first-order valence-corrected chi connectivity index (χ1v) is 6.98. The molecule has 0 spiro atoms. The van der Waals surface area contributed by atoms with Crippen molar-refractivity contribution in [1.29, 1.82) is 0 Å². The van der Waals surface area contributed by atoms with Crippen LogP contribution in [0.25, 0.3) is 0 Å². The van der Waals surface area contributed by atoms with Crippen molar-refractivity contribution in [3.8, 4) is 5.75 Å². The predicted molar refractivity (Wildman–Crippen MR) is 78.1 cm³/mol. The summed E-state index contributed by atoms with van der Waals surface area (Å²) in [7, 11) is 0. The van der Waals surface area contributed by atoms with Crippen LogP contribution in [0.4, 0.5) is 4.39 Å². The molecule has 0 fully saturated rings. The highest BCUT2D eigenvalue weighted by molar-refractivity contribution is 6.31. The van der Waals surface area contributed by atoms with Crippen LogP contribution in [0, 0.1) is 5.82 Å². The molecule has 0 radical (unpaired) electrons. The molecule has 104 valence electrons. The molecule has 1 heterocycles. The molecular formula is C15H12Cl2FNO. The van der Waals surface area contributed by atoms with Gasteiger partial charge in [0.05, 0.1) is 12.6 Å². The van der Waals surface area contributed by atoms with Crippen molar-refractivity contribution >= 4 is 23.2 Å². The van der Waals surface area contributed by atoms with Crippen molar-refractivity contribution < 1.29 is 9.13 Å². The Bertz CT molecular complexity index is 655. The molecule has 2 N–H and O–H groups in total. The Hall–Kier alpha value is -1.29. The summed E-state index contributed by atoms with van der Waals surface area (Å²) in [6, 6.07) is 7.35. The first-order valence-electron chi connectivity index (χ1n) is 6.22.